The molecule has 0 aliphatic carbocycles. The SMILES string of the molecule is COC(=O)C(=Cc1cccc(OC)c1OC)C(=O)OC. The fourth-order valence-electron chi connectivity index (χ4n) is 1.60. The number of hydrogen-bond acceptors (Lipinski definition) is 6. The Hall–Kier alpha value is -2.50. The number of methoxy groups -OCH3 is 4. The van der Waals surface area contributed by atoms with Crippen molar-refractivity contribution in [2.45, 2.75) is 0 Å². The Bertz CT molecular complexity index is 514. The quantitative estimate of drug-likeness (QED) is 0.352. The highest BCUT2D eigenvalue weighted by atomic mass is 16.5. The van der Waals surface area contributed by atoms with Crippen molar-refractivity contribution in [3.05, 3.63) is 29.3 Å². The van der Waals surface area contributed by atoms with Crippen LogP contribution in [0.3, 0.4) is 0 Å². The van der Waals surface area contributed by atoms with Crippen molar-refractivity contribution in [3.63, 3.8) is 0 Å². The van der Waals surface area contributed by atoms with E-state index in [4.69, 9.17) is 9.47 Å². The number of benzene rings is 1. The first-order valence-corrected chi connectivity index (χ1v) is 5.68. The van der Waals surface area contributed by atoms with Gasteiger partial charge in [-0.15, -0.1) is 0 Å². The maximum atomic E-state index is 11.6. The molecule has 0 spiro atoms. The monoisotopic (exact) mass is 280 g/mol. The zero-order valence-electron chi connectivity index (χ0n) is 11.8. The molecule has 6 heteroatoms. The van der Waals surface area contributed by atoms with Crippen molar-refractivity contribution in [1.29, 1.82) is 0 Å². The Morgan fingerprint density at radius 3 is 2.00 bits per heavy atom. The Balaban J connectivity index is 3.37. The van der Waals surface area contributed by atoms with Crippen LogP contribution in [0.15, 0.2) is 23.8 Å². The van der Waals surface area contributed by atoms with Gasteiger partial charge in [0.2, 0.25) is 0 Å². The van der Waals surface area contributed by atoms with Gasteiger partial charge in [-0.25, -0.2) is 9.59 Å². The standard InChI is InChI=1S/C14H16O6/c1-17-11-7-5-6-9(12(11)18-2)8-10(13(15)19-3)14(16)20-4/h5-8H,1-4H3. The van der Waals surface area contributed by atoms with Crippen LogP contribution in [0.2, 0.25) is 0 Å². The molecule has 0 aromatic heterocycles. The van der Waals surface area contributed by atoms with Crippen molar-refractivity contribution < 1.29 is 28.5 Å². The predicted molar refractivity (Wildman–Crippen MR) is 71.6 cm³/mol. The van der Waals surface area contributed by atoms with Gasteiger partial charge in [0, 0.05) is 5.56 Å². The van der Waals surface area contributed by atoms with Gasteiger partial charge in [-0.05, 0) is 12.1 Å². The normalized spacial score (nSPS) is 9.40. The number of ether oxygens (including phenoxy) is 4. The zero-order chi connectivity index (χ0) is 15.1. The third-order valence-electron chi connectivity index (χ3n) is 2.54. The fourth-order valence-corrected chi connectivity index (χ4v) is 1.60. The molecule has 6 nitrogen and oxygen atoms in total. The zero-order valence-corrected chi connectivity index (χ0v) is 11.8. The number of carbonyl (C=O) groups is 2. The van der Waals surface area contributed by atoms with Gasteiger partial charge in [-0.3, -0.25) is 0 Å². The van der Waals surface area contributed by atoms with E-state index in [2.05, 4.69) is 9.47 Å². The molecule has 0 fully saturated rings. The maximum absolute atomic E-state index is 11.6. The molecule has 0 N–H and O–H groups in total. The van der Waals surface area contributed by atoms with Crippen LogP contribution < -0.4 is 9.47 Å². The molecular weight excluding hydrogens is 264 g/mol. The van der Waals surface area contributed by atoms with Crippen molar-refractivity contribution in [1.82, 2.24) is 0 Å². The second kappa shape index (κ2) is 7.18. The number of hydrogen-bond donors (Lipinski definition) is 0. The van der Waals surface area contributed by atoms with Crippen LogP contribution in [-0.4, -0.2) is 40.4 Å². The smallest absolute Gasteiger partial charge is 0.345 e. The molecule has 0 amide bonds. The molecule has 0 atom stereocenters. The van der Waals surface area contributed by atoms with Gasteiger partial charge >= 0.3 is 11.9 Å². The first-order valence-electron chi connectivity index (χ1n) is 5.68. The number of esters is 2. The summed E-state index contributed by atoms with van der Waals surface area (Å²) in [4.78, 5) is 23.2. The Morgan fingerprint density at radius 1 is 0.950 bits per heavy atom. The molecule has 0 bridgehead atoms. The van der Waals surface area contributed by atoms with Crippen LogP contribution >= 0.6 is 0 Å². The predicted octanol–water partition coefficient (Wildman–Crippen LogP) is 1.43. The third kappa shape index (κ3) is 3.28. The number of para-hydroxylation sites is 1. The number of rotatable bonds is 5. The van der Waals surface area contributed by atoms with E-state index in [1.54, 1.807) is 18.2 Å². The van der Waals surface area contributed by atoms with Crippen molar-refractivity contribution in [3.8, 4) is 11.5 Å². The van der Waals surface area contributed by atoms with Gasteiger partial charge in [-0.2, -0.15) is 0 Å². The molecule has 0 heterocycles. The summed E-state index contributed by atoms with van der Waals surface area (Å²) in [7, 11) is 5.32. The molecule has 1 aromatic carbocycles. The lowest BCUT2D eigenvalue weighted by molar-refractivity contribution is -0.143. The lowest BCUT2D eigenvalue weighted by Crippen LogP contribution is -2.15. The highest BCUT2D eigenvalue weighted by Crippen LogP contribution is 2.32. The molecule has 1 rings (SSSR count). The van der Waals surface area contributed by atoms with E-state index in [1.165, 1.54) is 34.5 Å². The lowest BCUT2D eigenvalue weighted by Gasteiger charge is -2.11. The third-order valence-corrected chi connectivity index (χ3v) is 2.54. The molecule has 0 saturated heterocycles. The Morgan fingerprint density at radius 2 is 1.55 bits per heavy atom. The highest BCUT2D eigenvalue weighted by molar-refractivity contribution is 6.17. The highest BCUT2D eigenvalue weighted by Gasteiger charge is 2.21. The second-order valence-electron chi connectivity index (χ2n) is 3.62. The van der Waals surface area contributed by atoms with E-state index in [0.717, 1.165) is 0 Å². The van der Waals surface area contributed by atoms with E-state index in [0.29, 0.717) is 17.1 Å². The molecule has 0 unspecified atom stereocenters. The van der Waals surface area contributed by atoms with Crippen LogP contribution in [0, 0.1) is 0 Å². The molecule has 1 aromatic rings. The largest absolute Gasteiger partial charge is 0.493 e. The first-order chi connectivity index (χ1) is 9.58. The van der Waals surface area contributed by atoms with E-state index in [1.807, 2.05) is 0 Å². The summed E-state index contributed by atoms with van der Waals surface area (Å²) >= 11 is 0. The summed E-state index contributed by atoms with van der Waals surface area (Å²) < 4.78 is 19.5. The van der Waals surface area contributed by atoms with Crippen molar-refractivity contribution >= 4 is 18.0 Å². The van der Waals surface area contributed by atoms with Crippen molar-refractivity contribution in [2.24, 2.45) is 0 Å². The van der Waals surface area contributed by atoms with E-state index < -0.39 is 11.9 Å². The van der Waals surface area contributed by atoms with Crippen LogP contribution in [0.4, 0.5) is 0 Å². The molecule has 0 saturated carbocycles. The lowest BCUT2D eigenvalue weighted by atomic mass is 10.1. The van der Waals surface area contributed by atoms with E-state index in [-0.39, 0.29) is 5.57 Å². The maximum Gasteiger partial charge on any atom is 0.345 e. The van der Waals surface area contributed by atoms with Crippen molar-refractivity contribution in [2.75, 3.05) is 28.4 Å². The minimum Gasteiger partial charge on any atom is -0.493 e. The summed E-state index contributed by atoms with van der Waals surface area (Å²) in [5.41, 5.74) is 0.263. The Kier molecular flexibility index (Phi) is 5.58. The molecular formula is C14H16O6. The Labute approximate surface area is 116 Å². The van der Waals surface area contributed by atoms with Gasteiger partial charge in [0.15, 0.2) is 11.5 Å². The van der Waals surface area contributed by atoms with Crippen LogP contribution in [0.1, 0.15) is 5.56 Å². The first kappa shape index (κ1) is 15.6. The van der Waals surface area contributed by atoms with Gasteiger partial charge < -0.3 is 18.9 Å². The van der Waals surface area contributed by atoms with E-state index in [9.17, 15) is 9.59 Å². The summed E-state index contributed by atoms with van der Waals surface area (Å²) in [6.45, 7) is 0. The molecule has 0 radical (unpaired) electrons. The van der Waals surface area contributed by atoms with Gasteiger partial charge in [0.05, 0.1) is 28.4 Å². The summed E-state index contributed by atoms with van der Waals surface area (Å²) in [5, 5.41) is 0. The minimum atomic E-state index is -0.790. The van der Waals surface area contributed by atoms with E-state index >= 15 is 0 Å². The molecule has 0 aliphatic rings. The van der Waals surface area contributed by atoms with Gasteiger partial charge in [0.25, 0.3) is 0 Å². The fraction of sp³-hybridized carbons (Fsp3) is 0.286. The summed E-state index contributed by atoms with van der Waals surface area (Å²) in [6, 6.07) is 5.08. The average Bonchev–Trinajstić information content (AvgIpc) is 2.50. The molecule has 0 aliphatic heterocycles. The van der Waals surface area contributed by atoms with Crippen LogP contribution in [-0.2, 0) is 19.1 Å². The average molecular weight is 280 g/mol. The van der Waals surface area contributed by atoms with Gasteiger partial charge in [0.1, 0.15) is 5.57 Å². The second-order valence-corrected chi connectivity index (χ2v) is 3.62. The van der Waals surface area contributed by atoms with Crippen LogP contribution in [0.25, 0.3) is 6.08 Å². The topological polar surface area (TPSA) is 71.1 Å². The van der Waals surface area contributed by atoms with Crippen LogP contribution in [0.5, 0.6) is 11.5 Å². The minimum absolute atomic E-state index is 0.235. The summed E-state index contributed by atoms with van der Waals surface area (Å²) in [5.74, 6) is -0.695. The molecule has 20 heavy (non-hydrogen) atoms. The van der Waals surface area contributed by atoms with Gasteiger partial charge in [-0.1, -0.05) is 12.1 Å². The number of carbonyl (C=O) groups excluding carboxylic acids is 2. The summed E-state index contributed by atoms with van der Waals surface area (Å²) in [6.07, 6.45) is 1.33. The molecule has 108 valence electrons.